The molecule has 0 unspecified atom stereocenters. The molecule has 0 atom stereocenters. The standard InChI is InChI=1S/C13H20N2O/c1-14-8-10-15(11-9-14)7-6-13(16)12-4-2-3-5-12/h12H,2-5,8-11H2,1H3. The number of carbonyl (C=O) groups excluding carboxylic acids is 1. The minimum absolute atomic E-state index is 0.163. The second kappa shape index (κ2) is 5.36. The van der Waals surface area contributed by atoms with Crippen molar-refractivity contribution in [3.63, 3.8) is 0 Å². The van der Waals surface area contributed by atoms with Crippen LogP contribution in [0.25, 0.3) is 0 Å². The zero-order chi connectivity index (χ0) is 11.4. The number of nitrogens with zero attached hydrogens (tertiary/aromatic N) is 2. The summed E-state index contributed by atoms with van der Waals surface area (Å²) in [4.78, 5) is 16.1. The predicted octanol–water partition coefficient (Wildman–Crippen LogP) is 0.954. The maximum absolute atomic E-state index is 11.7. The van der Waals surface area contributed by atoms with Crippen LogP contribution in [0.2, 0.25) is 0 Å². The van der Waals surface area contributed by atoms with Gasteiger partial charge in [0, 0.05) is 38.1 Å². The molecule has 0 N–H and O–H groups in total. The number of piperazine rings is 1. The highest BCUT2D eigenvalue weighted by atomic mass is 16.1. The third kappa shape index (κ3) is 2.99. The third-order valence-electron chi connectivity index (χ3n) is 3.57. The summed E-state index contributed by atoms with van der Waals surface area (Å²) in [7, 11) is 2.12. The van der Waals surface area contributed by atoms with Gasteiger partial charge in [0.1, 0.15) is 0 Å². The number of Topliss-reactive ketones (excluding diaryl/α,β-unsaturated/α-hetero) is 1. The molecule has 1 saturated carbocycles. The molecule has 1 aliphatic carbocycles. The van der Waals surface area contributed by atoms with E-state index >= 15 is 0 Å². The molecule has 3 nitrogen and oxygen atoms in total. The Morgan fingerprint density at radius 3 is 2.38 bits per heavy atom. The molecule has 3 heteroatoms. The lowest BCUT2D eigenvalue weighted by Crippen LogP contribution is -2.42. The number of rotatable bonds is 1. The molecule has 0 aromatic heterocycles. The van der Waals surface area contributed by atoms with E-state index in [4.69, 9.17) is 0 Å². The van der Waals surface area contributed by atoms with Crippen LogP contribution in [0.3, 0.4) is 0 Å². The Balaban J connectivity index is 1.82. The SMILES string of the molecule is CN1CCN(C#CC(=O)C2CCCC2)CC1. The van der Waals surface area contributed by atoms with E-state index in [9.17, 15) is 4.79 Å². The van der Waals surface area contributed by atoms with Crippen LogP contribution < -0.4 is 0 Å². The van der Waals surface area contributed by atoms with E-state index in [0.29, 0.717) is 0 Å². The molecule has 2 rings (SSSR count). The zero-order valence-electron chi connectivity index (χ0n) is 10.0. The average molecular weight is 220 g/mol. The Labute approximate surface area is 97.8 Å². The lowest BCUT2D eigenvalue weighted by atomic mass is 10.0. The largest absolute Gasteiger partial charge is 0.330 e. The van der Waals surface area contributed by atoms with Crippen molar-refractivity contribution in [1.29, 1.82) is 0 Å². The van der Waals surface area contributed by atoms with Crippen molar-refractivity contribution in [3.8, 4) is 12.0 Å². The highest BCUT2D eigenvalue weighted by Gasteiger charge is 2.21. The van der Waals surface area contributed by atoms with Gasteiger partial charge < -0.3 is 9.80 Å². The molecule has 0 radical (unpaired) electrons. The Hall–Kier alpha value is -1.01. The van der Waals surface area contributed by atoms with Crippen LogP contribution in [-0.2, 0) is 4.79 Å². The summed E-state index contributed by atoms with van der Waals surface area (Å²) in [6, 6.07) is 3.03. The van der Waals surface area contributed by atoms with Gasteiger partial charge in [-0.3, -0.25) is 4.79 Å². The smallest absolute Gasteiger partial charge is 0.210 e. The van der Waals surface area contributed by atoms with E-state index in [0.717, 1.165) is 39.0 Å². The first kappa shape index (κ1) is 11.5. The van der Waals surface area contributed by atoms with Gasteiger partial charge in [0.25, 0.3) is 0 Å². The van der Waals surface area contributed by atoms with Gasteiger partial charge in [0.05, 0.1) is 0 Å². The first-order valence-electron chi connectivity index (χ1n) is 6.25. The Morgan fingerprint density at radius 2 is 1.75 bits per heavy atom. The van der Waals surface area contributed by atoms with E-state index in [1.54, 1.807) is 0 Å². The lowest BCUT2D eigenvalue weighted by Gasteiger charge is -2.29. The van der Waals surface area contributed by atoms with Crippen LogP contribution in [-0.4, -0.2) is 48.8 Å². The molecule has 0 aromatic rings. The average Bonchev–Trinajstić information content (AvgIpc) is 2.81. The van der Waals surface area contributed by atoms with E-state index in [2.05, 4.69) is 28.8 Å². The van der Waals surface area contributed by atoms with Gasteiger partial charge in [-0.2, -0.15) is 0 Å². The Morgan fingerprint density at radius 1 is 1.12 bits per heavy atom. The number of carbonyl (C=O) groups is 1. The van der Waals surface area contributed by atoms with Gasteiger partial charge in [0.2, 0.25) is 5.78 Å². The van der Waals surface area contributed by atoms with Crippen LogP contribution in [0.4, 0.5) is 0 Å². The maximum Gasteiger partial charge on any atom is 0.210 e. The highest BCUT2D eigenvalue weighted by Crippen LogP contribution is 2.24. The summed E-state index contributed by atoms with van der Waals surface area (Å²) < 4.78 is 0. The summed E-state index contributed by atoms with van der Waals surface area (Å²) in [6.45, 7) is 4.02. The third-order valence-corrected chi connectivity index (χ3v) is 3.57. The maximum atomic E-state index is 11.7. The molecule has 1 heterocycles. The van der Waals surface area contributed by atoms with Gasteiger partial charge in [0.15, 0.2) is 0 Å². The monoisotopic (exact) mass is 220 g/mol. The van der Waals surface area contributed by atoms with Crippen LogP contribution in [0, 0.1) is 17.9 Å². The van der Waals surface area contributed by atoms with E-state index in [-0.39, 0.29) is 11.7 Å². The molecule has 0 amide bonds. The van der Waals surface area contributed by atoms with Gasteiger partial charge >= 0.3 is 0 Å². The van der Waals surface area contributed by atoms with Crippen LogP contribution >= 0.6 is 0 Å². The second-order valence-electron chi connectivity index (χ2n) is 4.87. The van der Waals surface area contributed by atoms with Crippen molar-refractivity contribution in [2.24, 2.45) is 5.92 Å². The first-order chi connectivity index (χ1) is 7.75. The predicted molar refractivity (Wildman–Crippen MR) is 63.8 cm³/mol. The molecule has 2 fully saturated rings. The fourth-order valence-corrected chi connectivity index (χ4v) is 2.34. The van der Waals surface area contributed by atoms with Crippen molar-refractivity contribution in [2.75, 3.05) is 33.2 Å². The summed E-state index contributed by atoms with van der Waals surface area (Å²) in [6.07, 6.45) is 4.51. The van der Waals surface area contributed by atoms with E-state index < -0.39 is 0 Å². The summed E-state index contributed by atoms with van der Waals surface area (Å²) >= 11 is 0. The molecule has 0 aromatic carbocycles. The zero-order valence-corrected chi connectivity index (χ0v) is 10.0. The van der Waals surface area contributed by atoms with Crippen molar-refractivity contribution in [2.45, 2.75) is 25.7 Å². The van der Waals surface area contributed by atoms with Gasteiger partial charge in [-0.15, -0.1) is 0 Å². The molecule has 88 valence electrons. The number of hydrogen-bond acceptors (Lipinski definition) is 3. The van der Waals surface area contributed by atoms with Crippen molar-refractivity contribution >= 4 is 5.78 Å². The number of likely N-dealkylation sites (N-methyl/N-ethyl adjacent to an activating group) is 1. The second-order valence-corrected chi connectivity index (χ2v) is 4.87. The van der Waals surface area contributed by atoms with E-state index in [1.807, 2.05) is 0 Å². The summed E-state index contributed by atoms with van der Waals surface area (Å²) in [5.74, 6) is 3.23. The van der Waals surface area contributed by atoms with Crippen molar-refractivity contribution in [1.82, 2.24) is 9.80 Å². The van der Waals surface area contributed by atoms with Gasteiger partial charge in [-0.25, -0.2) is 0 Å². The van der Waals surface area contributed by atoms with Crippen LogP contribution in [0.15, 0.2) is 0 Å². The molecule has 1 saturated heterocycles. The number of ketones is 1. The molecular weight excluding hydrogens is 200 g/mol. The number of hydrogen-bond donors (Lipinski definition) is 0. The minimum Gasteiger partial charge on any atom is -0.330 e. The van der Waals surface area contributed by atoms with Crippen LogP contribution in [0.5, 0.6) is 0 Å². The van der Waals surface area contributed by atoms with Gasteiger partial charge in [-0.1, -0.05) is 12.8 Å². The fourth-order valence-electron chi connectivity index (χ4n) is 2.34. The summed E-state index contributed by atoms with van der Waals surface area (Å²) in [5.41, 5.74) is 0. The first-order valence-corrected chi connectivity index (χ1v) is 6.25. The Kier molecular flexibility index (Phi) is 3.84. The molecule has 1 aliphatic heterocycles. The lowest BCUT2D eigenvalue weighted by molar-refractivity contribution is -0.117. The molecular formula is C13H20N2O. The summed E-state index contributed by atoms with van der Waals surface area (Å²) in [5, 5.41) is 0. The fraction of sp³-hybridized carbons (Fsp3) is 0.769. The van der Waals surface area contributed by atoms with Crippen molar-refractivity contribution in [3.05, 3.63) is 0 Å². The van der Waals surface area contributed by atoms with Crippen molar-refractivity contribution < 1.29 is 4.79 Å². The normalized spacial score (nSPS) is 22.9. The molecule has 0 spiro atoms. The topological polar surface area (TPSA) is 23.6 Å². The quantitative estimate of drug-likeness (QED) is 0.615. The molecule has 2 aliphatic rings. The van der Waals surface area contributed by atoms with Crippen LogP contribution in [0.1, 0.15) is 25.7 Å². The Bertz CT molecular complexity index is 302. The molecule has 0 bridgehead atoms. The van der Waals surface area contributed by atoms with Gasteiger partial charge in [-0.05, 0) is 25.8 Å². The highest BCUT2D eigenvalue weighted by molar-refractivity contribution is 5.97. The van der Waals surface area contributed by atoms with E-state index in [1.165, 1.54) is 12.8 Å². The molecule has 16 heavy (non-hydrogen) atoms. The minimum atomic E-state index is 0.163.